The molecule has 1 aromatic carbocycles. The summed E-state index contributed by atoms with van der Waals surface area (Å²) in [5.41, 5.74) is 0.455. The van der Waals surface area contributed by atoms with E-state index in [9.17, 15) is 17.2 Å². The Balaban J connectivity index is 1.20. The fraction of sp³-hybridized carbons (Fsp3) is 0.435. The quantitative estimate of drug-likeness (QED) is 0.495. The third kappa shape index (κ3) is 4.24. The van der Waals surface area contributed by atoms with E-state index in [1.54, 1.807) is 0 Å². The first kappa shape index (κ1) is 22.7. The lowest BCUT2D eigenvalue weighted by Gasteiger charge is -2.17. The van der Waals surface area contributed by atoms with Crippen molar-refractivity contribution < 1.29 is 26.5 Å². The van der Waals surface area contributed by atoms with Crippen LogP contribution in [0.3, 0.4) is 0 Å². The van der Waals surface area contributed by atoms with E-state index in [0.717, 1.165) is 37.7 Å². The Labute approximate surface area is 195 Å². The van der Waals surface area contributed by atoms with Crippen LogP contribution in [0.25, 0.3) is 11.3 Å². The Hall–Kier alpha value is -3.08. The molecule has 0 spiro atoms. The number of halogens is 2. The smallest absolute Gasteiger partial charge is 0.324 e. The van der Waals surface area contributed by atoms with Gasteiger partial charge in [-0.15, -0.1) is 0 Å². The van der Waals surface area contributed by atoms with Crippen LogP contribution in [-0.4, -0.2) is 49.5 Å². The predicted molar refractivity (Wildman–Crippen MR) is 119 cm³/mol. The fourth-order valence-electron chi connectivity index (χ4n) is 4.44. The third-order valence-corrected chi connectivity index (χ3v) is 7.57. The van der Waals surface area contributed by atoms with Crippen molar-refractivity contribution in [3.05, 3.63) is 47.9 Å². The molecule has 0 amide bonds. The molecule has 3 aromatic rings. The van der Waals surface area contributed by atoms with E-state index in [2.05, 4.69) is 15.1 Å². The summed E-state index contributed by atoms with van der Waals surface area (Å²) in [6.07, 6.45) is 2.23. The van der Waals surface area contributed by atoms with Gasteiger partial charge in [-0.2, -0.15) is 4.98 Å². The van der Waals surface area contributed by atoms with Crippen LogP contribution in [0.1, 0.15) is 25.6 Å². The number of ether oxygens (including phenoxy) is 1. The molecule has 1 aliphatic heterocycles. The van der Waals surface area contributed by atoms with E-state index in [1.807, 2.05) is 18.7 Å². The summed E-state index contributed by atoms with van der Waals surface area (Å²) in [4.78, 5) is 10.5. The standard InChI is InChI=1S/C23H24F2N4O4S/c1-12(2)22-27-23(33-28-22)29-9-15-16(10-29)17(15)11-32-21-18(24)6-13(7-19(21)25)20-5-4-14(8-26-20)34(3,30)31/h4-8,12,15-17H,9-11H2,1-3H3/t15-,16?,17+/m1/s1. The zero-order valence-electron chi connectivity index (χ0n) is 18.9. The van der Waals surface area contributed by atoms with Crippen molar-refractivity contribution in [3.63, 3.8) is 0 Å². The molecule has 2 fully saturated rings. The first-order valence-electron chi connectivity index (χ1n) is 11.0. The summed E-state index contributed by atoms with van der Waals surface area (Å²) < 4.78 is 63.3. The zero-order chi connectivity index (χ0) is 24.2. The van der Waals surface area contributed by atoms with E-state index in [1.165, 1.54) is 12.1 Å². The Kier molecular flexibility index (Phi) is 5.54. The van der Waals surface area contributed by atoms with E-state index in [-0.39, 0.29) is 34.6 Å². The number of fused-ring (bicyclic) bond motifs is 1. The molecule has 2 aromatic heterocycles. The number of benzene rings is 1. The van der Waals surface area contributed by atoms with Crippen molar-refractivity contribution in [2.45, 2.75) is 24.7 Å². The van der Waals surface area contributed by atoms with Crippen molar-refractivity contribution >= 4 is 15.9 Å². The minimum absolute atomic E-state index is 0.0325. The topological polar surface area (TPSA) is 98.4 Å². The van der Waals surface area contributed by atoms with Crippen molar-refractivity contribution in [3.8, 4) is 17.0 Å². The molecule has 5 rings (SSSR count). The first-order chi connectivity index (χ1) is 16.1. The van der Waals surface area contributed by atoms with E-state index in [0.29, 0.717) is 23.7 Å². The summed E-state index contributed by atoms with van der Waals surface area (Å²) in [6.45, 7) is 5.71. The van der Waals surface area contributed by atoms with Gasteiger partial charge in [-0.25, -0.2) is 17.2 Å². The number of piperidine rings is 1. The molecule has 11 heteroatoms. The van der Waals surface area contributed by atoms with Gasteiger partial charge < -0.3 is 14.2 Å². The molecule has 2 aliphatic rings. The molecule has 1 unspecified atom stereocenters. The average molecular weight is 491 g/mol. The monoisotopic (exact) mass is 490 g/mol. The highest BCUT2D eigenvalue weighted by Gasteiger charge is 2.57. The maximum atomic E-state index is 14.7. The number of hydrogen-bond acceptors (Lipinski definition) is 8. The average Bonchev–Trinajstić information content (AvgIpc) is 3.16. The molecule has 0 N–H and O–H groups in total. The van der Waals surface area contributed by atoms with Crippen LogP contribution < -0.4 is 9.64 Å². The van der Waals surface area contributed by atoms with Crippen molar-refractivity contribution in [2.24, 2.45) is 17.8 Å². The summed E-state index contributed by atoms with van der Waals surface area (Å²) in [6, 6.07) is 5.55. The fourth-order valence-corrected chi connectivity index (χ4v) is 5.00. The lowest BCUT2D eigenvalue weighted by Crippen LogP contribution is -2.25. The number of aromatic nitrogens is 3. The van der Waals surface area contributed by atoms with Crippen LogP contribution in [-0.2, 0) is 9.84 Å². The predicted octanol–water partition coefficient (Wildman–Crippen LogP) is 3.70. The second-order valence-electron chi connectivity index (χ2n) is 9.22. The number of pyridine rings is 1. The van der Waals surface area contributed by atoms with Gasteiger partial charge in [-0.1, -0.05) is 19.0 Å². The van der Waals surface area contributed by atoms with Crippen molar-refractivity contribution in [1.29, 1.82) is 0 Å². The van der Waals surface area contributed by atoms with Gasteiger partial charge in [-0.3, -0.25) is 4.98 Å². The molecule has 1 aliphatic carbocycles. The van der Waals surface area contributed by atoms with Gasteiger partial charge in [0.05, 0.1) is 17.2 Å². The number of nitrogens with zero attached hydrogens (tertiary/aromatic N) is 4. The third-order valence-electron chi connectivity index (χ3n) is 6.47. The molecule has 1 saturated carbocycles. The lowest BCUT2D eigenvalue weighted by molar-refractivity contribution is 0.256. The van der Waals surface area contributed by atoms with E-state index in [4.69, 9.17) is 9.26 Å². The highest BCUT2D eigenvalue weighted by atomic mass is 32.2. The molecule has 180 valence electrons. The maximum absolute atomic E-state index is 14.7. The van der Waals surface area contributed by atoms with Gasteiger partial charge in [0.1, 0.15) is 0 Å². The molecule has 3 heterocycles. The second-order valence-corrected chi connectivity index (χ2v) is 11.2. The van der Waals surface area contributed by atoms with Crippen LogP contribution in [0.2, 0.25) is 0 Å². The van der Waals surface area contributed by atoms with Crippen molar-refractivity contribution in [1.82, 2.24) is 15.1 Å². The molecule has 3 atom stereocenters. The molecule has 34 heavy (non-hydrogen) atoms. The normalized spacial score (nSPS) is 21.7. The van der Waals surface area contributed by atoms with E-state index >= 15 is 0 Å². The Morgan fingerprint density at radius 3 is 2.38 bits per heavy atom. The number of rotatable bonds is 7. The van der Waals surface area contributed by atoms with Crippen LogP contribution in [0, 0.1) is 29.4 Å². The largest absolute Gasteiger partial charge is 0.487 e. The Bertz CT molecular complexity index is 1290. The van der Waals surface area contributed by atoms with Crippen LogP contribution >= 0.6 is 0 Å². The maximum Gasteiger partial charge on any atom is 0.324 e. The molecule has 8 nitrogen and oxygen atoms in total. The van der Waals surface area contributed by atoms with Gasteiger partial charge in [0.25, 0.3) is 0 Å². The van der Waals surface area contributed by atoms with Gasteiger partial charge in [-0.05, 0) is 36.1 Å². The first-order valence-corrected chi connectivity index (χ1v) is 12.9. The Morgan fingerprint density at radius 2 is 1.85 bits per heavy atom. The Morgan fingerprint density at radius 1 is 1.18 bits per heavy atom. The van der Waals surface area contributed by atoms with Gasteiger partial charge in [0.2, 0.25) is 0 Å². The summed E-state index contributed by atoms with van der Waals surface area (Å²) >= 11 is 0. The summed E-state index contributed by atoms with van der Waals surface area (Å²) in [7, 11) is -3.41. The van der Waals surface area contributed by atoms with Crippen LogP contribution in [0.5, 0.6) is 5.75 Å². The molecule has 1 saturated heterocycles. The molecule has 0 bridgehead atoms. The van der Waals surface area contributed by atoms with Gasteiger partial charge in [0, 0.05) is 42.9 Å². The van der Waals surface area contributed by atoms with Gasteiger partial charge in [0.15, 0.2) is 33.0 Å². The highest BCUT2D eigenvalue weighted by Crippen LogP contribution is 2.52. The molecule has 0 radical (unpaired) electrons. The number of sulfone groups is 1. The minimum Gasteiger partial charge on any atom is -0.487 e. The lowest BCUT2D eigenvalue weighted by atomic mass is 10.1. The zero-order valence-corrected chi connectivity index (χ0v) is 19.7. The van der Waals surface area contributed by atoms with Crippen LogP contribution in [0.4, 0.5) is 14.8 Å². The number of hydrogen-bond donors (Lipinski definition) is 0. The number of anilines is 1. The van der Waals surface area contributed by atoms with Crippen molar-refractivity contribution in [2.75, 3.05) is 30.9 Å². The van der Waals surface area contributed by atoms with E-state index < -0.39 is 27.2 Å². The highest BCUT2D eigenvalue weighted by molar-refractivity contribution is 7.90. The van der Waals surface area contributed by atoms with Gasteiger partial charge >= 0.3 is 6.01 Å². The summed E-state index contributed by atoms with van der Waals surface area (Å²) in [5, 5.41) is 3.99. The molecular weight excluding hydrogens is 466 g/mol. The molecular formula is C23H24F2N4O4S. The minimum atomic E-state index is -3.41. The SMILES string of the molecule is CC(C)c1noc(N2CC3[C@@H](COc4c(F)cc(-c5ccc(S(C)(=O)=O)cn5)cc4F)[C@@H]3C2)n1. The summed E-state index contributed by atoms with van der Waals surface area (Å²) in [5.74, 6) is -0.285. The second kappa shape index (κ2) is 8.30. The van der Waals surface area contributed by atoms with Crippen LogP contribution in [0.15, 0.2) is 39.9 Å².